The molecule has 24 valence electrons. The van der Waals surface area contributed by atoms with Crippen LogP contribution < -0.4 is 0 Å². The molecule has 0 aliphatic rings. The van der Waals surface area contributed by atoms with E-state index in [1.807, 2.05) is 0 Å². The van der Waals surface area contributed by atoms with Crippen molar-refractivity contribution in [1.29, 1.82) is 0 Å². The van der Waals surface area contributed by atoms with E-state index in [9.17, 15) is 0 Å². The van der Waals surface area contributed by atoms with Crippen LogP contribution >= 0.6 is 20.6 Å². The van der Waals surface area contributed by atoms with E-state index in [0.29, 0.717) is 0 Å². The minimum atomic E-state index is -0.844. The van der Waals surface area contributed by atoms with Crippen molar-refractivity contribution in [2.45, 2.75) is 0 Å². The molecule has 4 heteroatoms. The standard InChI is InChI=1S/ClHO2P/c1-3-4-2/h4H/q+1. The van der Waals surface area contributed by atoms with Gasteiger partial charge in [0.1, 0.15) is 11.9 Å². The second kappa shape index (κ2) is 3.35. The minimum absolute atomic E-state index is 0.844. The minimum Gasteiger partial charge on any atom is -0.0356 e. The highest BCUT2D eigenvalue weighted by Crippen LogP contribution is 1.94. The van der Waals surface area contributed by atoms with E-state index in [2.05, 4.69) is 15.9 Å². The van der Waals surface area contributed by atoms with E-state index in [1.165, 1.54) is 0 Å². The molecule has 0 aliphatic carbocycles. The molecule has 0 spiro atoms. The van der Waals surface area contributed by atoms with E-state index in [-0.39, 0.29) is 0 Å². The molecule has 0 heterocycles. The second-order valence-electron chi connectivity index (χ2n) is 0.160. The molecular formula is HClO2P+. The molecule has 0 saturated carbocycles. The Labute approximate surface area is 30.2 Å². The summed E-state index contributed by atoms with van der Waals surface area (Å²) in [6.45, 7) is 0. The van der Waals surface area contributed by atoms with Crippen molar-refractivity contribution in [1.82, 2.24) is 0 Å². The fraction of sp³-hybridized carbons (Fsp3) is 0. The monoisotopic (exact) mass is 98.9 g/mol. The number of rotatable bonds is 1. The quantitative estimate of drug-likeness (QED) is 0.460. The first-order chi connectivity index (χ1) is 1.91. The molecule has 0 aliphatic heterocycles. The summed E-state index contributed by atoms with van der Waals surface area (Å²) < 4.78 is 12.5. The molecule has 0 saturated heterocycles. The van der Waals surface area contributed by atoms with Gasteiger partial charge in [-0.25, -0.2) is 0 Å². The third kappa shape index (κ3) is 2.35. The van der Waals surface area contributed by atoms with Gasteiger partial charge < -0.3 is 0 Å². The topological polar surface area (TPSA) is 26.3 Å². The van der Waals surface area contributed by atoms with E-state index in [4.69, 9.17) is 4.57 Å². The van der Waals surface area contributed by atoms with Crippen molar-refractivity contribution in [2.24, 2.45) is 0 Å². The maximum atomic E-state index is 8.97. The van der Waals surface area contributed by atoms with Crippen LogP contribution in [0.25, 0.3) is 0 Å². The van der Waals surface area contributed by atoms with Crippen LogP contribution in [0.3, 0.4) is 0 Å². The van der Waals surface area contributed by atoms with Gasteiger partial charge in [0.15, 0.2) is 0 Å². The van der Waals surface area contributed by atoms with Crippen LogP contribution in [0.1, 0.15) is 0 Å². The molecule has 0 radical (unpaired) electrons. The molecule has 2 nitrogen and oxygen atoms in total. The first-order valence-corrected chi connectivity index (χ1v) is 1.69. The lowest BCUT2D eigenvalue weighted by Crippen LogP contribution is -1.21. The highest BCUT2D eigenvalue weighted by Gasteiger charge is 1.71. The summed E-state index contributed by atoms with van der Waals surface area (Å²) in [5.41, 5.74) is 0. The molecular weight excluding hydrogens is 98.4 g/mol. The summed E-state index contributed by atoms with van der Waals surface area (Å²) in [5.74, 6) is 0. The SMILES string of the molecule is O=[PH+]OCl. The van der Waals surface area contributed by atoms with Gasteiger partial charge in [-0.15, -0.1) is 0 Å². The molecule has 0 rings (SSSR count). The van der Waals surface area contributed by atoms with Crippen LogP contribution in [-0.2, 0) is 8.64 Å². The Hall–Kier alpha value is 0.350. The summed E-state index contributed by atoms with van der Waals surface area (Å²) in [6, 6.07) is 0. The van der Waals surface area contributed by atoms with Gasteiger partial charge in [-0.3, -0.25) is 0 Å². The highest BCUT2D eigenvalue weighted by atomic mass is 35.5. The second-order valence-corrected chi connectivity index (χ2v) is 0.944. The fourth-order valence-corrected chi connectivity index (χ4v) is 0. The predicted molar refractivity (Wildman–Crippen MR) is 15.9 cm³/mol. The van der Waals surface area contributed by atoms with Gasteiger partial charge in [-0.1, -0.05) is 0 Å². The fourth-order valence-electron chi connectivity index (χ4n) is 0. The number of hydrogen-bond acceptors (Lipinski definition) is 2. The van der Waals surface area contributed by atoms with E-state index >= 15 is 0 Å². The first-order valence-electron chi connectivity index (χ1n) is 0.563. The molecule has 0 aromatic heterocycles. The summed E-state index contributed by atoms with van der Waals surface area (Å²) >= 11 is 4.39. The van der Waals surface area contributed by atoms with Crippen LogP contribution in [0.2, 0.25) is 0 Å². The summed E-state index contributed by atoms with van der Waals surface area (Å²) in [4.78, 5) is 0. The van der Waals surface area contributed by atoms with Crippen LogP contribution in [0.5, 0.6) is 0 Å². The van der Waals surface area contributed by atoms with Gasteiger partial charge in [-0.2, -0.15) is 0 Å². The third-order valence-electron chi connectivity index (χ3n) is 0.0315. The maximum Gasteiger partial charge on any atom is 0.512 e. The van der Waals surface area contributed by atoms with Crippen molar-refractivity contribution in [3.8, 4) is 0 Å². The lowest BCUT2D eigenvalue weighted by atomic mass is 15.9. The maximum absolute atomic E-state index is 8.97. The van der Waals surface area contributed by atoms with Crippen LogP contribution in [0, 0.1) is 0 Å². The zero-order valence-corrected chi connectivity index (χ0v) is 3.45. The average molecular weight is 99.4 g/mol. The van der Waals surface area contributed by atoms with Crippen molar-refractivity contribution < 1.29 is 8.64 Å². The molecule has 0 fully saturated rings. The van der Waals surface area contributed by atoms with Crippen LogP contribution in [0.4, 0.5) is 0 Å². The third-order valence-corrected chi connectivity index (χ3v) is 0.283. The molecule has 4 heavy (non-hydrogen) atoms. The van der Waals surface area contributed by atoms with Gasteiger partial charge in [0.25, 0.3) is 0 Å². The molecule has 0 aromatic rings. The van der Waals surface area contributed by atoms with Crippen LogP contribution in [0.15, 0.2) is 0 Å². The van der Waals surface area contributed by atoms with Crippen LogP contribution in [-0.4, -0.2) is 0 Å². The highest BCUT2D eigenvalue weighted by molar-refractivity contribution is 7.18. The average Bonchev–Trinajstić information content (AvgIpc) is 1.37. The van der Waals surface area contributed by atoms with Gasteiger partial charge in [0.05, 0.1) is 0 Å². The normalized spacial score (nSPS) is 8.25. The predicted octanol–water partition coefficient (Wildman–Crippen LogP) is 1.10. The summed E-state index contributed by atoms with van der Waals surface area (Å²) in [7, 11) is -0.844. The zero-order valence-electron chi connectivity index (χ0n) is 1.69. The first kappa shape index (κ1) is 4.35. The van der Waals surface area contributed by atoms with E-state index in [1.54, 1.807) is 0 Å². The van der Waals surface area contributed by atoms with Crippen molar-refractivity contribution in [3.63, 3.8) is 0 Å². The number of hydrogen-bond donors (Lipinski definition) is 0. The largest absolute Gasteiger partial charge is 0.512 e. The Balaban J connectivity index is 2.30. The lowest BCUT2D eigenvalue weighted by Gasteiger charge is -1.37. The number of halogens is 1. The van der Waals surface area contributed by atoms with Gasteiger partial charge in [-0.05, 0) is 8.64 Å². The van der Waals surface area contributed by atoms with Gasteiger partial charge in [0.2, 0.25) is 0 Å². The smallest absolute Gasteiger partial charge is 0.0356 e. The molecule has 1 unspecified atom stereocenters. The Morgan fingerprint density at radius 1 is 2.00 bits per heavy atom. The lowest BCUT2D eigenvalue weighted by molar-refractivity contribution is 0.546. The van der Waals surface area contributed by atoms with Crippen molar-refractivity contribution >= 4 is 20.6 Å². The summed E-state index contributed by atoms with van der Waals surface area (Å²) in [6.07, 6.45) is 0. The Morgan fingerprint density at radius 3 is 2.25 bits per heavy atom. The Kier molecular flexibility index (Phi) is 3.64. The van der Waals surface area contributed by atoms with E-state index in [0.717, 1.165) is 0 Å². The van der Waals surface area contributed by atoms with E-state index < -0.39 is 8.69 Å². The van der Waals surface area contributed by atoms with Gasteiger partial charge >= 0.3 is 8.69 Å². The zero-order chi connectivity index (χ0) is 3.41. The molecule has 1 atom stereocenters. The van der Waals surface area contributed by atoms with Gasteiger partial charge in [0, 0.05) is 0 Å². The van der Waals surface area contributed by atoms with Crippen molar-refractivity contribution in [2.75, 3.05) is 0 Å². The Bertz CT molecular complexity index is 20.0. The molecule has 0 amide bonds. The molecule has 0 bridgehead atoms. The summed E-state index contributed by atoms with van der Waals surface area (Å²) in [5, 5.41) is 0. The van der Waals surface area contributed by atoms with Crippen molar-refractivity contribution in [3.05, 3.63) is 0 Å². The molecule has 0 N–H and O–H groups in total. The Morgan fingerprint density at radius 2 is 2.25 bits per heavy atom. The molecule has 0 aromatic carbocycles.